The van der Waals surface area contributed by atoms with E-state index in [0.717, 1.165) is 17.0 Å². The third-order valence-corrected chi connectivity index (χ3v) is 5.14. The Morgan fingerprint density at radius 1 is 1.00 bits per heavy atom. The summed E-state index contributed by atoms with van der Waals surface area (Å²) in [5, 5.41) is 0. The number of carbonyl (C=O) groups is 2. The van der Waals surface area contributed by atoms with Crippen LogP contribution in [0.25, 0.3) is 0 Å². The molecule has 0 N–H and O–H groups in total. The lowest BCUT2D eigenvalue weighted by Gasteiger charge is -2.11. The minimum atomic E-state index is -0.652. The van der Waals surface area contributed by atoms with Crippen molar-refractivity contribution in [3.63, 3.8) is 0 Å². The maximum atomic E-state index is 13.1. The summed E-state index contributed by atoms with van der Waals surface area (Å²) >= 11 is 0. The Balaban J connectivity index is 1.64. The topological polar surface area (TPSA) is 66.8 Å². The average Bonchev–Trinajstić information content (AvgIpc) is 3.09. The van der Waals surface area contributed by atoms with Crippen molar-refractivity contribution in [3.05, 3.63) is 88.5 Å². The summed E-state index contributed by atoms with van der Waals surface area (Å²) in [6, 6.07) is 14.3. The second-order valence-corrected chi connectivity index (χ2v) is 7.34. The number of ether oxygens (including phenoxy) is 3. The summed E-state index contributed by atoms with van der Waals surface area (Å²) in [6.07, 6.45) is 0. The van der Waals surface area contributed by atoms with Gasteiger partial charge in [-0.1, -0.05) is 24.3 Å². The van der Waals surface area contributed by atoms with Crippen molar-refractivity contribution in [2.24, 2.45) is 0 Å². The van der Waals surface area contributed by atoms with Crippen molar-refractivity contribution in [2.45, 2.75) is 27.0 Å². The molecule has 0 unspecified atom stereocenters. The third kappa shape index (κ3) is 5.62. The molecular formula is C25H26FNO5. The van der Waals surface area contributed by atoms with E-state index in [1.54, 1.807) is 49.6 Å². The second kappa shape index (κ2) is 10.7. The minimum absolute atomic E-state index is 0.164. The molecule has 0 fully saturated rings. The van der Waals surface area contributed by atoms with Gasteiger partial charge in [-0.25, -0.2) is 9.18 Å². The number of methoxy groups -OCH3 is 1. The van der Waals surface area contributed by atoms with Crippen LogP contribution in [0.5, 0.6) is 5.75 Å². The Morgan fingerprint density at radius 3 is 2.44 bits per heavy atom. The molecule has 0 spiro atoms. The van der Waals surface area contributed by atoms with Crippen LogP contribution in [0.15, 0.2) is 54.6 Å². The number of aromatic nitrogens is 1. The molecule has 168 valence electrons. The largest absolute Gasteiger partial charge is 0.488 e. The van der Waals surface area contributed by atoms with Gasteiger partial charge in [-0.15, -0.1) is 0 Å². The van der Waals surface area contributed by atoms with Gasteiger partial charge < -0.3 is 18.8 Å². The first-order valence-corrected chi connectivity index (χ1v) is 10.2. The molecule has 1 heterocycles. The number of carbonyl (C=O) groups excluding carboxylic acids is 2. The van der Waals surface area contributed by atoms with Gasteiger partial charge >= 0.3 is 5.97 Å². The Labute approximate surface area is 186 Å². The zero-order valence-corrected chi connectivity index (χ0v) is 18.4. The zero-order valence-electron chi connectivity index (χ0n) is 18.4. The molecule has 1 aromatic heterocycles. The van der Waals surface area contributed by atoms with Crippen LogP contribution < -0.4 is 4.74 Å². The first-order chi connectivity index (χ1) is 15.4. The minimum Gasteiger partial charge on any atom is -0.488 e. The number of halogens is 1. The average molecular weight is 439 g/mol. The van der Waals surface area contributed by atoms with E-state index in [4.69, 9.17) is 14.2 Å². The van der Waals surface area contributed by atoms with Gasteiger partial charge in [-0.3, -0.25) is 4.79 Å². The molecule has 0 amide bonds. The first-order valence-electron chi connectivity index (χ1n) is 10.2. The number of benzene rings is 2. The molecule has 2 aromatic carbocycles. The molecule has 0 aliphatic rings. The number of para-hydroxylation sites is 1. The van der Waals surface area contributed by atoms with Gasteiger partial charge in [0.2, 0.25) is 5.78 Å². The number of rotatable bonds is 10. The standard InChI is InChI=1S/C25H26FNO5/c1-17-14-22(18(2)27(17)12-13-30-3)23(28)16-32-25(29)21-6-4-5-7-24(21)31-15-19-8-10-20(26)11-9-19/h4-11,14H,12-13,15-16H2,1-3H3. The predicted octanol–water partition coefficient (Wildman–Crippen LogP) is 4.51. The zero-order chi connectivity index (χ0) is 23.1. The third-order valence-electron chi connectivity index (χ3n) is 5.14. The normalized spacial score (nSPS) is 10.8. The SMILES string of the molecule is COCCn1c(C)cc(C(=O)COC(=O)c2ccccc2OCc2ccc(F)cc2)c1C. The molecule has 0 aliphatic heterocycles. The Hall–Kier alpha value is -3.45. The number of hydrogen-bond donors (Lipinski definition) is 0. The monoisotopic (exact) mass is 439 g/mol. The van der Waals surface area contributed by atoms with Crippen LogP contribution >= 0.6 is 0 Å². The highest BCUT2D eigenvalue weighted by molar-refractivity contribution is 6.01. The van der Waals surface area contributed by atoms with Crippen molar-refractivity contribution >= 4 is 11.8 Å². The van der Waals surface area contributed by atoms with Gasteiger partial charge in [-0.2, -0.15) is 0 Å². The van der Waals surface area contributed by atoms with Crippen LogP contribution in [0.3, 0.4) is 0 Å². The fourth-order valence-electron chi connectivity index (χ4n) is 3.40. The molecule has 0 saturated carbocycles. The van der Waals surface area contributed by atoms with Crippen LogP contribution in [0, 0.1) is 19.7 Å². The van der Waals surface area contributed by atoms with E-state index in [0.29, 0.717) is 24.5 Å². The molecular weight excluding hydrogens is 413 g/mol. The van der Waals surface area contributed by atoms with E-state index in [1.807, 2.05) is 18.4 Å². The summed E-state index contributed by atoms with van der Waals surface area (Å²) in [7, 11) is 1.63. The summed E-state index contributed by atoms with van der Waals surface area (Å²) in [6.45, 7) is 4.74. The van der Waals surface area contributed by atoms with Crippen LogP contribution in [-0.2, 0) is 22.6 Å². The smallest absolute Gasteiger partial charge is 0.342 e. The molecule has 0 bridgehead atoms. The van der Waals surface area contributed by atoms with Crippen LogP contribution in [0.1, 0.15) is 37.7 Å². The molecule has 0 radical (unpaired) electrons. The summed E-state index contributed by atoms with van der Waals surface area (Å²) in [5.74, 6) is -0.935. The Bertz CT molecular complexity index is 1090. The summed E-state index contributed by atoms with van der Waals surface area (Å²) in [5.41, 5.74) is 3.24. The van der Waals surface area contributed by atoms with Crippen LogP contribution in [-0.4, -0.2) is 36.6 Å². The number of aryl methyl sites for hydroxylation is 1. The van der Waals surface area contributed by atoms with E-state index < -0.39 is 5.97 Å². The highest BCUT2D eigenvalue weighted by Gasteiger charge is 2.19. The Kier molecular flexibility index (Phi) is 7.78. The number of hydrogen-bond acceptors (Lipinski definition) is 5. The summed E-state index contributed by atoms with van der Waals surface area (Å²) in [4.78, 5) is 25.3. The van der Waals surface area contributed by atoms with Crippen LogP contribution in [0.2, 0.25) is 0 Å². The lowest BCUT2D eigenvalue weighted by Crippen LogP contribution is -2.16. The van der Waals surface area contributed by atoms with E-state index in [9.17, 15) is 14.0 Å². The second-order valence-electron chi connectivity index (χ2n) is 7.34. The highest BCUT2D eigenvalue weighted by atomic mass is 19.1. The quantitative estimate of drug-likeness (QED) is 0.344. The van der Waals surface area contributed by atoms with E-state index in [-0.39, 0.29) is 30.4 Å². The molecule has 32 heavy (non-hydrogen) atoms. The molecule has 7 heteroatoms. The maximum Gasteiger partial charge on any atom is 0.342 e. The molecule has 6 nitrogen and oxygen atoms in total. The number of esters is 1. The fourth-order valence-corrected chi connectivity index (χ4v) is 3.40. The molecule has 3 aromatic rings. The number of ketones is 1. The van der Waals surface area contributed by atoms with Gasteiger partial charge in [0.05, 0.1) is 6.61 Å². The predicted molar refractivity (Wildman–Crippen MR) is 118 cm³/mol. The van der Waals surface area contributed by atoms with Crippen molar-refractivity contribution in [2.75, 3.05) is 20.3 Å². The van der Waals surface area contributed by atoms with Gasteiger partial charge in [-0.05, 0) is 49.7 Å². The number of Topliss-reactive ketones (excluding diaryl/α,β-unsaturated/α-hetero) is 1. The molecule has 0 atom stereocenters. The van der Waals surface area contributed by atoms with Crippen molar-refractivity contribution < 1.29 is 28.2 Å². The van der Waals surface area contributed by atoms with Gasteiger partial charge in [0, 0.05) is 30.6 Å². The molecule has 0 saturated heterocycles. The first kappa shape index (κ1) is 23.2. The lowest BCUT2D eigenvalue weighted by molar-refractivity contribution is 0.0470. The maximum absolute atomic E-state index is 13.1. The van der Waals surface area contributed by atoms with Crippen molar-refractivity contribution in [1.82, 2.24) is 4.57 Å². The van der Waals surface area contributed by atoms with Crippen molar-refractivity contribution in [1.29, 1.82) is 0 Å². The lowest BCUT2D eigenvalue weighted by atomic mass is 10.1. The summed E-state index contributed by atoms with van der Waals surface area (Å²) < 4.78 is 31.2. The van der Waals surface area contributed by atoms with Gasteiger partial charge in [0.25, 0.3) is 0 Å². The van der Waals surface area contributed by atoms with Gasteiger partial charge in [0.1, 0.15) is 23.7 Å². The molecule has 0 aliphatic carbocycles. The van der Waals surface area contributed by atoms with E-state index in [1.165, 1.54) is 12.1 Å². The van der Waals surface area contributed by atoms with Crippen LogP contribution in [0.4, 0.5) is 4.39 Å². The highest BCUT2D eigenvalue weighted by Crippen LogP contribution is 2.21. The fraction of sp³-hybridized carbons (Fsp3) is 0.280. The van der Waals surface area contributed by atoms with Gasteiger partial charge in [0.15, 0.2) is 6.61 Å². The number of nitrogens with zero attached hydrogens (tertiary/aromatic N) is 1. The Morgan fingerprint density at radius 2 is 1.72 bits per heavy atom. The molecule has 3 rings (SSSR count). The van der Waals surface area contributed by atoms with Crippen molar-refractivity contribution in [3.8, 4) is 5.75 Å². The van der Waals surface area contributed by atoms with E-state index in [2.05, 4.69) is 0 Å². The van der Waals surface area contributed by atoms with E-state index >= 15 is 0 Å².